The number of benzene rings is 1. The highest BCUT2D eigenvalue weighted by Gasteiger charge is 2.31. The molecule has 1 aliphatic heterocycles. The van der Waals surface area contributed by atoms with E-state index in [4.69, 9.17) is 11.6 Å². The van der Waals surface area contributed by atoms with Crippen LogP contribution in [0.25, 0.3) is 11.0 Å². The van der Waals surface area contributed by atoms with E-state index in [0.717, 1.165) is 29.5 Å². The van der Waals surface area contributed by atoms with Crippen LogP contribution >= 0.6 is 11.6 Å². The van der Waals surface area contributed by atoms with Crippen LogP contribution in [-0.4, -0.2) is 32.5 Å². The van der Waals surface area contributed by atoms with Crippen molar-refractivity contribution in [2.24, 2.45) is 0 Å². The molecule has 2 aromatic heterocycles. The molecule has 1 fully saturated rings. The SMILES string of the molecule is Cc1n[nH]c2ncc(C(=O)N3CCC[C@@H]3c3ccc(Cl)c(C#N)c3)cc12. The Morgan fingerprint density at radius 2 is 2.27 bits per heavy atom. The zero-order chi connectivity index (χ0) is 18.3. The largest absolute Gasteiger partial charge is 0.332 e. The minimum atomic E-state index is -0.0620. The first kappa shape index (κ1) is 16.6. The first-order valence-corrected chi connectivity index (χ1v) is 8.77. The number of nitriles is 1. The second-order valence-corrected chi connectivity index (χ2v) is 6.84. The molecule has 0 radical (unpaired) electrons. The first-order valence-electron chi connectivity index (χ1n) is 8.39. The summed E-state index contributed by atoms with van der Waals surface area (Å²) in [5, 5.41) is 17.5. The van der Waals surface area contributed by atoms with Crippen molar-refractivity contribution in [1.82, 2.24) is 20.1 Å². The average molecular weight is 366 g/mol. The van der Waals surface area contributed by atoms with Gasteiger partial charge < -0.3 is 4.90 Å². The molecule has 26 heavy (non-hydrogen) atoms. The van der Waals surface area contributed by atoms with Crippen molar-refractivity contribution in [3.8, 4) is 6.07 Å². The van der Waals surface area contributed by atoms with Gasteiger partial charge in [-0.1, -0.05) is 17.7 Å². The number of halogens is 1. The first-order chi connectivity index (χ1) is 12.6. The van der Waals surface area contributed by atoms with Gasteiger partial charge in [0.05, 0.1) is 27.9 Å². The summed E-state index contributed by atoms with van der Waals surface area (Å²) in [5.41, 5.74) is 3.40. The van der Waals surface area contributed by atoms with Crippen LogP contribution in [0.3, 0.4) is 0 Å². The molecule has 130 valence electrons. The van der Waals surface area contributed by atoms with E-state index >= 15 is 0 Å². The number of aromatic amines is 1. The van der Waals surface area contributed by atoms with Crippen molar-refractivity contribution in [2.75, 3.05) is 6.54 Å². The quantitative estimate of drug-likeness (QED) is 0.749. The molecular formula is C19H16ClN5O. The maximum absolute atomic E-state index is 13.1. The molecule has 1 N–H and O–H groups in total. The maximum Gasteiger partial charge on any atom is 0.255 e. The van der Waals surface area contributed by atoms with Crippen LogP contribution in [0.2, 0.25) is 5.02 Å². The number of carbonyl (C=O) groups excluding carboxylic acids is 1. The Labute approximate surface area is 155 Å². The molecule has 7 heteroatoms. The highest BCUT2D eigenvalue weighted by Crippen LogP contribution is 2.34. The second kappa shape index (κ2) is 6.43. The van der Waals surface area contributed by atoms with Gasteiger partial charge in [0, 0.05) is 18.1 Å². The van der Waals surface area contributed by atoms with Crippen LogP contribution in [0.4, 0.5) is 0 Å². The molecule has 0 bridgehead atoms. The number of hydrogen-bond acceptors (Lipinski definition) is 4. The fourth-order valence-electron chi connectivity index (χ4n) is 3.50. The third kappa shape index (κ3) is 2.71. The zero-order valence-corrected chi connectivity index (χ0v) is 14.9. The van der Waals surface area contributed by atoms with E-state index in [1.165, 1.54) is 0 Å². The van der Waals surface area contributed by atoms with Crippen LogP contribution in [0.15, 0.2) is 30.5 Å². The van der Waals surface area contributed by atoms with Gasteiger partial charge in [0.2, 0.25) is 0 Å². The van der Waals surface area contributed by atoms with Crippen LogP contribution < -0.4 is 0 Å². The summed E-state index contributed by atoms with van der Waals surface area (Å²) in [6.07, 6.45) is 3.36. The zero-order valence-electron chi connectivity index (χ0n) is 14.2. The number of amides is 1. The minimum absolute atomic E-state index is 0.0593. The number of nitrogens with zero attached hydrogens (tertiary/aromatic N) is 4. The molecular weight excluding hydrogens is 350 g/mol. The predicted molar refractivity (Wildman–Crippen MR) is 97.8 cm³/mol. The number of carbonyl (C=O) groups is 1. The molecule has 6 nitrogen and oxygen atoms in total. The van der Waals surface area contributed by atoms with Gasteiger partial charge in [-0.15, -0.1) is 0 Å². The fourth-order valence-corrected chi connectivity index (χ4v) is 3.66. The molecule has 0 unspecified atom stereocenters. The lowest BCUT2D eigenvalue weighted by Gasteiger charge is -2.25. The third-order valence-corrected chi connectivity index (χ3v) is 5.19. The van der Waals surface area contributed by atoms with Gasteiger partial charge in [0.15, 0.2) is 5.65 Å². The Bertz CT molecular complexity index is 1050. The van der Waals surface area contributed by atoms with E-state index in [1.807, 2.05) is 24.0 Å². The molecule has 4 rings (SSSR count). The Morgan fingerprint density at radius 1 is 1.42 bits per heavy atom. The second-order valence-electron chi connectivity index (χ2n) is 6.44. The molecule has 0 aliphatic carbocycles. The lowest BCUT2D eigenvalue weighted by molar-refractivity contribution is 0.0735. The number of aromatic nitrogens is 3. The van der Waals surface area contributed by atoms with E-state index in [-0.39, 0.29) is 11.9 Å². The minimum Gasteiger partial charge on any atom is -0.332 e. The summed E-state index contributed by atoms with van der Waals surface area (Å²) < 4.78 is 0. The van der Waals surface area contributed by atoms with Crippen molar-refractivity contribution in [1.29, 1.82) is 5.26 Å². The molecule has 1 aliphatic rings. The van der Waals surface area contributed by atoms with Gasteiger partial charge >= 0.3 is 0 Å². The van der Waals surface area contributed by atoms with Gasteiger partial charge in [-0.2, -0.15) is 10.4 Å². The molecule has 3 heterocycles. The highest BCUT2D eigenvalue weighted by atomic mass is 35.5. The van der Waals surface area contributed by atoms with Crippen molar-refractivity contribution < 1.29 is 4.79 Å². The van der Waals surface area contributed by atoms with Gasteiger partial charge in [0.25, 0.3) is 5.91 Å². The molecule has 3 aromatic rings. The van der Waals surface area contributed by atoms with E-state index < -0.39 is 0 Å². The van der Waals surface area contributed by atoms with Gasteiger partial charge in [-0.3, -0.25) is 9.89 Å². The van der Waals surface area contributed by atoms with Gasteiger partial charge in [-0.25, -0.2) is 4.98 Å². The summed E-state index contributed by atoms with van der Waals surface area (Å²) in [7, 11) is 0. The summed E-state index contributed by atoms with van der Waals surface area (Å²) >= 11 is 6.04. The Hall–Kier alpha value is -2.91. The lowest BCUT2D eigenvalue weighted by Crippen LogP contribution is -2.30. The van der Waals surface area contributed by atoms with Crippen molar-refractivity contribution in [3.63, 3.8) is 0 Å². The Balaban J connectivity index is 1.68. The van der Waals surface area contributed by atoms with Crippen LogP contribution in [0.5, 0.6) is 0 Å². The number of hydrogen-bond donors (Lipinski definition) is 1. The average Bonchev–Trinajstić information content (AvgIpc) is 3.29. The predicted octanol–water partition coefficient (Wildman–Crippen LogP) is 3.77. The Morgan fingerprint density at radius 3 is 3.08 bits per heavy atom. The summed E-state index contributed by atoms with van der Waals surface area (Å²) in [6.45, 7) is 2.56. The summed E-state index contributed by atoms with van der Waals surface area (Å²) in [5.74, 6) is -0.0593. The normalized spacial score (nSPS) is 16.8. The van der Waals surface area contributed by atoms with Crippen LogP contribution in [-0.2, 0) is 0 Å². The number of rotatable bonds is 2. The number of H-pyrrole nitrogens is 1. The van der Waals surface area contributed by atoms with Gasteiger partial charge in [-0.05, 0) is 43.5 Å². The highest BCUT2D eigenvalue weighted by molar-refractivity contribution is 6.31. The van der Waals surface area contributed by atoms with E-state index in [1.54, 1.807) is 18.3 Å². The molecule has 1 atom stereocenters. The van der Waals surface area contributed by atoms with Crippen LogP contribution in [0, 0.1) is 18.3 Å². The standard InChI is InChI=1S/C19H16ClN5O/c1-11-15-8-14(10-22-18(15)24-23-11)19(26)25-6-2-3-17(25)12-4-5-16(20)13(7-12)9-21/h4-5,7-8,10,17H,2-3,6H2,1H3,(H,22,23,24)/t17-/m1/s1. The molecule has 1 amide bonds. The summed E-state index contributed by atoms with van der Waals surface area (Å²) in [4.78, 5) is 19.2. The maximum atomic E-state index is 13.1. The van der Waals surface area contributed by atoms with E-state index in [0.29, 0.717) is 28.3 Å². The van der Waals surface area contributed by atoms with E-state index in [9.17, 15) is 10.1 Å². The van der Waals surface area contributed by atoms with E-state index in [2.05, 4.69) is 21.3 Å². The van der Waals surface area contributed by atoms with Crippen molar-refractivity contribution in [3.05, 3.63) is 57.9 Å². The van der Waals surface area contributed by atoms with Crippen LogP contribution in [0.1, 0.15) is 46.1 Å². The van der Waals surface area contributed by atoms with Crippen molar-refractivity contribution >= 4 is 28.5 Å². The topological polar surface area (TPSA) is 85.7 Å². The fraction of sp³-hybridized carbons (Fsp3) is 0.263. The number of fused-ring (bicyclic) bond motifs is 1. The van der Waals surface area contributed by atoms with Crippen molar-refractivity contribution in [2.45, 2.75) is 25.8 Å². The van der Waals surface area contributed by atoms with Gasteiger partial charge in [0.1, 0.15) is 6.07 Å². The number of aryl methyl sites for hydroxylation is 1. The molecule has 1 aromatic carbocycles. The smallest absolute Gasteiger partial charge is 0.255 e. The summed E-state index contributed by atoms with van der Waals surface area (Å²) in [6, 6.07) is 9.26. The number of nitrogens with one attached hydrogen (secondary N) is 1. The number of pyridine rings is 1. The monoisotopic (exact) mass is 365 g/mol. The Kier molecular flexibility index (Phi) is 4.09. The third-order valence-electron chi connectivity index (χ3n) is 4.86. The molecule has 1 saturated heterocycles. The lowest BCUT2D eigenvalue weighted by atomic mass is 10.0. The molecule has 0 saturated carbocycles. The number of likely N-dealkylation sites (tertiary alicyclic amines) is 1. The molecule has 0 spiro atoms.